The van der Waals surface area contributed by atoms with Gasteiger partial charge in [0.05, 0.1) is 11.1 Å². The summed E-state index contributed by atoms with van der Waals surface area (Å²) in [4.78, 5) is 3.95. The molecule has 0 aromatic carbocycles. The lowest BCUT2D eigenvalue weighted by molar-refractivity contribution is 0.443. The fourth-order valence-electron chi connectivity index (χ4n) is 1.05. The molecule has 4 nitrogen and oxygen atoms in total. The molecule has 0 spiro atoms. The number of aryl methyl sites for hydroxylation is 1. The van der Waals surface area contributed by atoms with Crippen molar-refractivity contribution in [2.75, 3.05) is 5.73 Å². The van der Waals surface area contributed by atoms with Crippen molar-refractivity contribution in [2.24, 2.45) is 0 Å². The maximum Gasteiger partial charge on any atom is 0.260 e. The minimum Gasteiger partial charge on any atom is -0.398 e. The molecule has 11 heavy (non-hydrogen) atoms. The number of aromatic nitrogens is 2. The van der Waals surface area contributed by atoms with Gasteiger partial charge in [-0.15, -0.1) is 0 Å². The Morgan fingerprint density at radius 3 is 3.09 bits per heavy atom. The first-order chi connectivity index (χ1) is 5.29. The SMILES string of the molecule is Cc1noc2nccc(N)c12. The minimum atomic E-state index is 0.502. The van der Waals surface area contributed by atoms with E-state index in [4.69, 9.17) is 10.3 Å². The van der Waals surface area contributed by atoms with Crippen molar-refractivity contribution in [1.82, 2.24) is 10.1 Å². The van der Waals surface area contributed by atoms with Crippen LogP contribution in [0, 0.1) is 6.92 Å². The van der Waals surface area contributed by atoms with Gasteiger partial charge in [-0.05, 0) is 13.0 Å². The van der Waals surface area contributed by atoms with Gasteiger partial charge in [0.25, 0.3) is 5.71 Å². The highest BCUT2D eigenvalue weighted by Gasteiger charge is 2.06. The van der Waals surface area contributed by atoms with Gasteiger partial charge in [0.2, 0.25) is 0 Å². The first-order valence-electron chi connectivity index (χ1n) is 3.25. The summed E-state index contributed by atoms with van der Waals surface area (Å²) in [6.07, 6.45) is 1.60. The van der Waals surface area contributed by atoms with E-state index in [1.54, 1.807) is 12.3 Å². The lowest BCUT2D eigenvalue weighted by atomic mass is 10.2. The number of pyridine rings is 1. The van der Waals surface area contributed by atoms with Crippen LogP contribution in [-0.2, 0) is 0 Å². The molecule has 2 aromatic heterocycles. The number of nitrogen functional groups attached to an aromatic ring is 1. The van der Waals surface area contributed by atoms with Gasteiger partial charge in [-0.1, -0.05) is 5.16 Å². The van der Waals surface area contributed by atoms with Gasteiger partial charge in [-0.25, -0.2) is 4.98 Å². The lowest BCUT2D eigenvalue weighted by Crippen LogP contribution is -1.86. The minimum absolute atomic E-state index is 0.502. The van der Waals surface area contributed by atoms with Gasteiger partial charge in [-0.3, -0.25) is 0 Å². The van der Waals surface area contributed by atoms with Gasteiger partial charge in [-0.2, -0.15) is 0 Å². The molecular weight excluding hydrogens is 142 g/mol. The number of fused-ring (bicyclic) bond motifs is 1. The summed E-state index contributed by atoms with van der Waals surface area (Å²) in [7, 11) is 0. The molecule has 0 amide bonds. The van der Waals surface area contributed by atoms with Crippen LogP contribution in [0.25, 0.3) is 11.1 Å². The number of hydrogen-bond acceptors (Lipinski definition) is 4. The van der Waals surface area contributed by atoms with E-state index in [-0.39, 0.29) is 0 Å². The molecule has 0 radical (unpaired) electrons. The average molecular weight is 149 g/mol. The monoisotopic (exact) mass is 149 g/mol. The second-order valence-corrected chi connectivity index (χ2v) is 2.35. The predicted octanol–water partition coefficient (Wildman–Crippen LogP) is 1.11. The van der Waals surface area contributed by atoms with Crippen molar-refractivity contribution in [3.63, 3.8) is 0 Å². The molecule has 0 saturated carbocycles. The van der Waals surface area contributed by atoms with Crippen LogP contribution >= 0.6 is 0 Å². The molecule has 2 N–H and O–H groups in total. The zero-order chi connectivity index (χ0) is 7.84. The summed E-state index contributed by atoms with van der Waals surface area (Å²) in [6.45, 7) is 1.84. The first-order valence-corrected chi connectivity index (χ1v) is 3.25. The van der Waals surface area contributed by atoms with Crippen LogP contribution in [0.4, 0.5) is 5.69 Å². The number of nitrogens with zero attached hydrogens (tertiary/aromatic N) is 2. The Kier molecular flexibility index (Phi) is 1.09. The molecule has 0 saturated heterocycles. The van der Waals surface area contributed by atoms with E-state index in [0.717, 1.165) is 11.1 Å². The summed E-state index contributed by atoms with van der Waals surface area (Å²) < 4.78 is 4.89. The van der Waals surface area contributed by atoms with E-state index in [9.17, 15) is 0 Å². The third kappa shape index (κ3) is 0.756. The Bertz CT molecular complexity index is 393. The Labute approximate surface area is 63.0 Å². The third-order valence-electron chi connectivity index (χ3n) is 1.58. The molecule has 0 aliphatic carbocycles. The molecule has 2 aromatic rings. The van der Waals surface area contributed by atoms with E-state index in [2.05, 4.69) is 10.1 Å². The number of rotatable bonds is 0. The maximum atomic E-state index is 5.66. The molecule has 0 aliphatic heterocycles. The molecular formula is C7H7N3O. The standard InChI is InChI=1S/C7H7N3O/c1-4-6-5(8)2-3-9-7(6)11-10-4/h2-3H,1H3,(H2,8,9). The summed E-state index contributed by atoms with van der Waals surface area (Å²) in [6, 6.07) is 1.73. The largest absolute Gasteiger partial charge is 0.398 e. The van der Waals surface area contributed by atoms with Crippen LogP contribution in [0.2, 0.25) is 0 Å². The summed E-state index contributed by atoms with van der Waals surface area (Å²) >= 11 is 0. The fourth-order valence-corrected chi connectivity index (χ4v) is 1.05. The molecule has 56 valence electrons. The highest BCUT2D eigenvalue weighted by Crippen LogP contribution is 2.20. The van der Waals surface area contributed by atoms with Crippen LogP contribution in [0.15, 0.2) is 16.8 Å². The molecule has 0 atom stereocenters. The number of nitrogens with two attached hydrogens (primary N) is 1. The molecule has 0 bridgehead atoms. The van der Waals surface area contributed by atoms with Crippen molar-refractivity contribution in [2.45, 2.75) is 6.92 Å². The van der Waals surface area contributed by atoms with Crippen molar-refractivity contribution < 1.29 is 4.52 Å². The summed E-state index contributed by atoms with van der Waals surface area (Å²) in [5.41, 5.74) is 7.61. The van der Waals surface area contributed by atoms with Crippen molar-refractivity contribution in [1.29, 1.82) is 0 Å². The smallest absolute Gasteiger partial charge is 0.260 e. The van der Waals surface area contributed by atoms with E-state index in [1.807, 2.05) is 6.92 Å². The average Bonchev–Trinajstić information content (AvgIpc) is 2.34. The van der Waals surface area contributed by atoms with Crippen LogP contribution in [-0.4, -0.2) is 10.1 Å². The topological polar surface area (TPSA) is 64.9 Å². The van der Waals surface area contributed by atoms with E-state index in [1.165, 1.54) is 0 Å². The van der Waals surface area contributed by atoms with Crippen molar-refractivity contribution in [3.05, 3.63) is 18.0 Å². The fraction of sp³-hybridized carbons (Fsp3) is 0.143. The van der Waals surface area contributed by atoms with Gasteiger partial charge >= 0.3 is 0 Å². The summed E-state index contributed by atoms with van der Waals surface area (Å²) in [5.74, 6) is 0. The van der Waals surface area contributed by atoms with Crippen LogP contribution in [0.5, 0.6) is 0 Å². The Morgan fingerprint density at radius 1 is 1.55 bits per heavy atom. The Hall–Kier alpha value is -1.58. The van der Waals surface area contributed by atoms with E-state index in [0.29, 0.717) is 11.4 Å². The summed E-state index contributed by atoms with van der Waals surface area (Å²) in [5, 5.41) is 4.55. The molecule has 2 rings (SSSR count). The quantitative estimate of drug-likeness (QED) is 0.609. The van der Waals surface area contributed by atoms with Crippen LogP contribution in [0.3, 0.4) is 0 Å². The Morgan fingerprint density at radius 2 is 2.36 bits per heavy atom. The Balaban J connectivity index is 2.96. The lowest BCUT2D eigenvalue weighted by Gasteiger charge is -1.91. The zero-order valence-corrected chi connectivity index (χ0v) is 6.03. The normalized spacial score (nSPS) is 10.6. The maximum absolute atomic E-state index is 5.66. The van der Waals surface area contributed by atoms with Gasteiger partial charge in [0, 0.05) is 11.9 Å². The highest BCUT2D eigenvalue weighted by molar-refractivity contribution is 5.88. The van der Waals surface area contributed by atoms with E-state index < -0.39 is 0 Å². The van der Waals surface area contributed by atoms with E-state index >= 15 is 0 Å². The van der Waals surface area contributed by atoms with Gasteiger partial charge in [0.1, 0.15) is 0 Å². The van der Waals surface area contributed by atoms with Gasteiger partial charge < -0.3 is 10.3 Å². The van der Waals surface area contributed by atoms with Gasteiger partial charge in [0.15, 0.2) is 0 Å². The molecule has 2 heterocycles. The molecule has 0 unspecified atom stereocenters. The predicted molar refractivity (Wildman–Crippen MR) is 41.0 cm³/mol. The third-order valence-corrected chi connectivity index (χ3v) is 1.58. The molecule has 0 aliphatic rings. The first kappa shape index (κ1) is 6.15. The second kappa shape index (κ2) is 1.95. The van der Waals surface area contributed by atoms with Crippen LogP contribution in [0.1, 0.15) is 5.69 Å². The molecule has 0 fully saturated rings. The van der Waals surface area contributed by atoms with Crippen molar-refractivity contribution in [3.8, 4) is 0 Å². The number of hydrogen-bond donors (Lipinski definition) is 1. The highest BCUT2D eigenvalue weighted by atomic mass is 16.5. The molecule has 4 heteroatoms. The zero-order valence-electron chi connectivity index (χ0n) is 6.03. The second-order valence-electron chi connectivity index (χ2n) is 2.35. The van der Waals surface area contributed by atoms with Crippen LogP contribution < -0.4 is 5.73 Å². The van der Waals surface area contributed by atoms with Crippen molar-refractivity contribution >= 4 is 16.8 Å². The number of anilines is 1.